The number of urea groups is 1. The second-order valence-electron chi connectivity index (χ2n) is 5.89. The molecule has 3 rings (SSSR count). The lowest BCUT2D eigenvalue weighted by Crippen LogP contribution is -2.44. The number of fused-ring (bicyclic) bond motifs is 1. The Kier molecular flexibility index (Phi) is 3.83. The second kappa shape index (κ2) is 5.79. The summed E-state index contributed by atoms with van der Waals surface area (Å²) in [4.78, 5) is 18.6. The first kappa shape index (κ1) is 14.6. The van der Waals surface area contributed by atoms with Crippen molar-refractivity contribution in [3.8, 4) is 0 Å². The van der Waals surface area contributed by atoms with Gasteiger partial charge in [-0.05, 0) is 24.0 Å². The first-order valence-electron chi connectivity index (χ1n) is 7.53. The van der Waals surface area contributed by atoms with Crippen molar-refractivity contribution in [3.63, 3.8) is 0 Å². The van der Waals surface area contributed by atoms with Gasteiger partial charge in [0.15, 0.2) is 0 Å². The highest BCUT2D eigenvalue weighted by molar-refractivity contribution is 5.75. The van der Waals surface area contributed by atoms with Gasteiger partial charge < -0.3 is 10.2 Å². The molecule has 1 aromatic heterocycles. The Balaban J connectivity index is 1.70. The summed E-state index contributed by atoms with van der Waals surface area (Å²) in [5, 5.41) is 7.05. The van der Waals surface area contributed by atoms with E-state index < -0.39 is 0 Å². The molecule has 2 amide bonds. The van der Waals surface area contributed by atoms with Crippen LogP contribution in [0.3, 0.4) is 0 Å². The zero-order valence-corrected chi connectivity index (χ0v) is 13.2. The molecule has 6 heteroatoms. The Bertz CT molecular complexity index is 681. The molecule has 0 saturated heterocycles. The summed E-state index contributed by atoms with van der Waals surface area (Å²) in [5.74, 6) is 1.10. The van der Waals surface area contributed by atoms with Crippen LogP contribution in [0.5, 0.6) is 0 Å². The van der Waals surface area contributed by atoms with E-state index >= 15 is 0 Å². The molecule has 2 heterocycles. The van der Waals surface area contributed by atoms with Gasteiger partial charge in [-0.3, -0.25) is 4.68 Å². The standard InChI is InChI=1S/C16H21N5O/c1-11-8-21(9-13-6-4-5-7-14(11)13)16(22)19-12(2)15-17-10-18-20(15)3/h4-7,10-12H,8-9H2,1-3H3,(H,19,22). The Morgan fingerprint density at radius 2 is 2.18 bits per heavy atom. The summed E-state index contributed by atoms with van der Waals surface area (Å²) in [6.07, 6.45) is 1.50. The van der Waals surface area contributed by atoms with Crippen molar-refractivity contribution in [1.82, 2.24) is 25.0 Å². The number of aromatic nitrogens is 3. The number of carbonyl (C=O) groups excluding carboxylic acids is 1. The topological polar surface area (TPSA) is 63.1 Å². The van der Waals surface area contributed by atoms with Crippen LogP contribution in [0.2, 0.25) is 0 Å². The average molecular weight is 299 g/mol. The molecule has 6 nitrogen and oxygen atoms in total. The van der Waals surface area contributed by atoms with Crippen LogP contribution in [0.1, 0.15) is 42.8 Å². The third-order valence-electron chi connectivity index (χ3n) is 4.20. The number of nitrogens with one attached hydrogen (secondary N) is 1. The largest absolute Gasteiger partial charge is 0.328 e. The molecule has 1 aromatic carbocycles. The molecule has 22 heavy (non-hydrogen) atoms. The fourth-order valence-electron chi connectivity index (χ4n) is 3.05. The smallest absolute Gasteiger partial charge is 0.318 e. The summed E-state index contributed by atoms with van der Waals surface area (Å²) in [7, 11) is 1.82. The monoisotopic (exact) mass is 299 g/mol. The Labute approximate surface area is 130 Å². The van der Waals surface area contributed by atoms with Crippen LogP contribution in [0.25, 0.3) is 0 Å². The van der Waals surface area contributed by atoms with Crippen molar-refractivity contribution in [2.24, 2.45) is 7.05 Å². The minimum atomic E-state index is -0.174. The molecule has 1 N–H and O–H groups in total. The first-order valence-corrected chi connectivity index (χ1v) is 7.53. The number of carbonyl (C=O) groups is 1. The number of hydrogen-bond acceptors (Lipinski definition) is 3. The van der Waals surface area contributed by atoms with Gasteiger partial charge in [0, 0.05) is 20.1 Å². The van der Waals surface area contributed by atoms with Crippen LogP contribution in [-0.4, -0.2) is 32.2 Å². The molecule has 0 saturated carbocycles. The molecule has 2 atom stereocenters. The van der Waals surface area contributed by atoms with Crippen molar-refractivity contribution in [1.29, 1.82) is 0 Å². The fourth-order valence-corrected chi connectivity index (χ4v) is 3.05. The van der Waals surface area contributed by atoms with Gasteiger partial charge in [-0.25, -0.2) is 9.78 Å². The Hall–Kier alpha value is -2.37. The van der Waals surface area contributed by atoms with Gasteiger partial charge in [0.05, 0.1) is 6.04 Å². The van der Waals surface area contributed by atoms with Crippen LogP contribution in [0, 0.1) is 0 Å². The summed E-state index contributed by atoms with van der Waals surface area (Å²) < 4.78 is 1.68. The number of amides is 2. The summed E-state index contributed by atoms with van der Waals surface area (Å²) in [6, 6.07) is 8.09. The van der Waals surface area contributed by atoms with Crippen molar-refractivity contribution >= 4 is 6.03 Å². The van der Waals surface area contributed by atoms with Crippen LogP contribution < -0.4 is 5.32 Å². The molecule has 0 fully saturated rings. The van der Waals surface area contributed by atoms with Crippen molar-refractivity contribution < 1.29 is 4.79 Å². The maximum atomic E-state index is 12.5. The van der Waals surface area contributed by atoms with E-state index in [1.807, 2.05) is 24.9 Å². The van der Waals surface area contributed by atoms with Gasteiger partial charge in [0.2, 0.25) is 0 Å². The van der Waals surface area contributed by atoms with Gasteiger partial charge in [0.1, 0.15) is 12.2 Å². The van der Waals surface area contributed by atoms with Crippen LogP contribution in [0.4, 0.5) is 4.79 Å². The number of hydrogen-bond donors (Lipinski definition) is 1. The van der Waals surface area contributed by atoms with E-state index in [1.54, 1.807) is 4.68 Å². The van der Waals surface area contributed by atoms with Crippen molar-refractivity contribution in [2.45, 2.75) is 32.4 Å². The van der Waals surface area contributed by atoms with E-state index in [2.05, 4.69) is 40.5 Å². The van der Waals surface area contributed by atoms with E-state index in [1.165, 1.54) is 17.5 Å². The van der Waals surface area contributed by atoms with E-state index in [-0.39, 0.29) is 12.1 Å². The predicted octanol–water partition coefficient (Wildman–Crippen LogP) is 2.21. The van der Waals surface area contributed by atoms with Crippen molar-refractivity contribution in [3.05, 3.63) is 47.5 Å². The maximum absolute atomic E-state index is 12.5. The van der Waals surface area contributed by atoms with E-state index in [0.717, 1.165) is 12.4 Å². The van der Waals surface area contributed by atoms with E-state index in [9.17, 15) is 4.79 Å². The molecular formula is C16H21N5O. The molecule has 116 valence electrons. The van der Waals surface area contributed by atoms with E-state index in [4.69, 9.17) is 0 Å². The van der Waals surface area contributed by atoms with Crippen LogP contribution >= 0.6 is 0 Å². The lowest BCUT2D eigenvalue weighted by molar-refractivity contribution is 0.183. The van der Waals surface area contributed by atoms with Gasteiger partial charge in [-0.1, -0.05) is 31.2 Å². The lowest BCUT2D eigenvalue weighted by atomic mass is 9.91. The summed E-state index contributed by atoms with van der Waals surface area (Å²) in [6.45, 7) is 5.46. The Morgan fingerprint density at radius 3 is 2.91 bits per heavy atom. The Morgan fingerprint density at radius 1 is 1.41 bits per heavy atom. The molecule has 2 aromatic rings. The third-order valence-corrected chi connectivity index (χ3v) is 4.20. The molecule has 1 aliphatic heterocycles. The molecule has 0 aliphatic carbocycles. The molecule has 1 aliphatic rings. The highest BCUT2D eigenvalue weighted by Gasteiger charge is 2.26. The average Bonchev–Trinajstić information content (AvgIpc) is 2.93. The summed E-state index contributed by atoms with van der Waals surface area (Å²) in [5.41, 5.74) is 2.57. The quantitative estimate of drug-likeness (QED) is 0.924. The zero-order chi connectivity index (χ0) is 15.7. The molecule has 0 spiro atoms. The molecule has 0 bridgehead atoms. The molecule has 2 unspecified atom stereocenters. The highest BCUT2D eigenvalue weighted by Crippen LogP contribution is 2.27. The normalized spacial score (nSPS) is 18.7. The van der Waals surface area contributed by atoms with Gasteiger partial charge in [-0.15, -0.1) is 0 Å². The number of aryl methyl sites for hydroxylation is 1. The van der Waals surface area contributed by atoms with Crippen LogP contribution in [-0.2, 0) is 13.6 Å². The minimum absolute atomic E-state index is 0.0585. The predicted molar refractivity (Wildman–Crippen MR) is 83.2 cm³/mol. The highest BCUT2D eigenvalue weighted by atomic mass is 16.2. The fraction of sp³-hybridized carbons (Fsp3) is 0.438. The zero-order valence-electron chi connectivity index (χ0n) is 13.2. The van der Waals surface area contributed by atoms with Gasteiger partial charge >= 0.3 is 6.03 Å². The van der Waals surface area contributed by atoms with E-state index in [0.29, 0.717) is 12.5 Å². The second-order valence-corrected chi connectivity index (χ2v) is 5.89. The van der Waals surface area contributed by atoms with Crippen molar-refractivity contribution in [2.75, 3.05) is 6.54 Å². The number of rotatable bonds is 2. The molecule has 0 radical (unpaired) electrons. The SMILES string of the molecule is CC1CN(C(=O)NC(C)c2ncnn2C)Cc2ccccc21. The third kappa shape index (κ3) is 2.68. The van der Waals surface area contributed by atoms with Gasteiger partial charge in [-0.2, -0.15) is 5.10 Å². The maximum Gasteiger partial charge on any atom is 0.318 e. The summed E-state index contributed by atoms with van der Waals surface area (Å²) >= 11 is 0. The lowest BCUT2D eigenvalue weighted by Gasteiger charge is -2.33. The minimum Gasteiger partial charge on any atom is -0.328 e. The van der Waals surface area contributed by atoms with Crippen LogP contribution in [0.15, 0.2) is 30.6 Å². The number of nitrogens with zero attached hydrogens (tertiary/aromatic N) is 4. The number of benzene rings is 1. The van der Waals surface area contributed by atoms with Gasteiger partial charge in [0.25, 0.3) is 0 Å². The first-order chi connectivity index (χ1) is 10.6. The molecular weight excluding hydrogens is 278 g/mol.